The van der Waals surface area contributed by atoms with Gasteiger partial charge in [-0.1, -0.05) is 427 Å². The van der Waals surface area contributed by atoms with Crippen LogP contribution < -0.4 is 0 Å². The van der Waals surface area contributed by atoms with Crippen molar-refractivity contribution < 1.29 is 80.2 Å². The molecule has 0 amide bonds. The molecule has 0 rings (SSSR count). The number of aliphatic hydroxyl groups is 1. The second-order valence-electron chi connectivity index (χ2n) is 33.8. The largest absolute Gasteiger partial charge is 0.472 e. The Hall–Kier alpha value is -1.94. The Balaban J connectivity index is 5.26. The number of aliphatic hydroxyl groups excluding tert-OH is 1. The lowest BCUT2D eigenvalue weighted by Gasteiger charge is -2.21. The monoisotopic (exact) mass is 1590 g/mol. The zero-order chi connectivity index (χ0) is 80.0. The van der Waals surface area contributed by atoms with E-state index in [0.29, 0.717) is 25.7 Å². The van der Waals surface area contributed by atoms with E-state index < -0.39 is 97.5 Å². The average molecular weight is 1590 g/mol. The quantitative estimate of drug-likeness (QED) is 0.0222. The van der Waals surface area contributed by atoms with Crippen molar-refractivity contribution in [1.29, 1.82) is 0 Å². The second-order valence-corrected chi connectivity index (χ2v) is 36.7. The van der Waals surface area contributed by atoms with Gasteiger partial charge in [0, 0.05) is 25.7 Å². The van der Waals surface area contributed by atoms with Crippen LogP contribution in [0.15, 0.2) is 0 Å². The van der Waals surface area contributed by atoms with Crippen LogP contribution in [0.5, 0.6) is 0 Å². The van der Waals surface area contributed by atoms with Crippen LogP contribution in [0.1, 0.15) is 479 Å². The zero-order valence-electron chi connectivity index (χ0n) is 72.0. The van der Waals surface area contributed by atoms with Gasteiger partial charge in [-0.15, -0.1) is 0 Å². The third-order valence-electron chi connectivity index (χ3n) is 21.1. The summed E-state index contributed by atoms with van der Waals surface area (Å²) in [5.74, 6) is 0.322. The second kappa shape index (κ2) is 79.9. The van der Waals surface area contributed by atoms with Crippen LogP contribution in [-0.2, 0) is 65.4 Å². The molecule has 0 bridgehead atoms. The minimum atomic E-state index is -4.97. The van der Waals surface area contributed by atoms with Crippen molar-refractivity contribution in [1.82, 2.24) is 0 Å². The summed E-state index contributed by atoms with van der Waals surface area (Å²) in [7, 11) is -9.94. The predicted molar refractivity (Wildman–Crippen MR) is 451 cm³/mol. The van der Waals surface area contributed by atoms with Crippen LogP contribution in [0.2, 0.25) is 0 Å². The van der Waals surface area contributed by atoms with Gasteiger partial charge >= 0.3 is 39.5 Å². The van der Waals surface area contributed by atoms with Crippen molar-refractivity contribution in [2.75, 3.05) is 39.6 Å². The van der Waals surface area contributed by atoms with Gasteiger partial charge in [0.15, 0.2) is 12.2 Å². The Bertz CT molecular complexity index is 2100. The van der Waals surface area contributed by atoms with Gasteiger partial charge in [-0.25, -0.2) is 9.13 Å². The molecule has 648 valence electrons. The highest BCUT2D eigenvalue weighted by atomic mass is 31.2. The molecule has 109 heavy (non-hydrogen) atoms. The Morgan fingerprint density at radius 3 is 0.624 bits per heavy atom. The summed E-state index contributed by atoms with van der Waals surface area (Å²) in [5.41, 5.74) is 0. The number of hydrogen-bond donors (Lipinski definition) is 3. The summed E-state index contributed by atoms with van der Waals surface area (Å²) in [4.78, 5) is 73.4. The molecule has 0 aromatic rings. The van der Waals surface area contributed by atoms with E-state index >= 15 is 0 Å². The van der Waals surface area contributed by atoms with Crippen LogP contribution in [0.25, 0.3) is 0 Å². The highest BCUT2D eigenvalue weighted by molar-refractivity contribution is 7.47. The third kappa shape index (κ3) is 83.8. The molecule has 2 unspecified atom stereocenters. The molecule has 0 fully saturated rings. The molecule has 0 aliphatic carbocycles. The Morgan fingerprint density at radius 2 is 0.422 bits per heavy atom. The van der Waals surface area contributed by atoms with Crippen molar-refractivity contribution in [2.45, 2.75) is 497 Å². The first kappa shape index (κ1) is 107. The van der Waals surface area contributed by atoms with E-state index in [1.807, 2.05) is 0 Å². The van der Waals surface area contributed by atoms with Gasteiger partial charge in [0.05, 0.1) is 26.4 Å². The lowest BCUT2D eigenvalue weighted by atomic mass is 10.0. The molecule has 0 aromatic carbocycles. The first-order chi connectivity index (χ1) is 52.7. The molecule has 19 heteroatoms. The van der Waals surface area contributed by atoms with Gasteiger partial charge < -0.3 is 33.8 Å². The number of phosphoric ester groups is 2. The number of unbranched alkanes of at least 4 members (excludes halogenated alkanes) is 56. The van der Waals surface area contributed by atoms with Crippen LogP contribution in [0.4, 0.5) is 0 Å². The van der Waals surface area contributed by atoms with Gasteiger partial charge in [0.25, 0.3) is 0 Å². The Labute approximate surface area is 670 Å². The molecule has 5 atom stereocenters. The fourth-order valence-corrected chi connectivity index (χ4v) is 15.7. The normalized spacial score (nSPS) is 13.8. The van der Waals surface area contributed by atoms with Crippen molar-refractivity contribution in [2.24, 2.45) is 17.8 Å². The predicted octanol–water partition coefficient (Wildman–Crippen LogP) is 27.6. The molecule has 0 aliphatic rings. The smallest absolute Gasteiger partial charge is 0.462 e. The van der Waals surface area contributed by atoms with E-state index in [9.17, 15) is 43.2 Å². The van der Waals surface area contributed by atoms with Crippen molar-refractivity contribution >= 4 is 39.5 Å². The molecule has 0 radical (unpaired) electrons. The van der Waals surface area contributed by atoms with E-state index in [1.54, 1.807) is 0 Å². The molecule has 0 saturated heterocycles. The van der Waals surface area contributed by atoms with Gasteiger partial charge in [-0.2, -0.15) is 0 Å². The van der Waals surface area contributed by atoms with Crippen molar-refractivity contribution in [3.63, 3.8) is 0 Å². The fraction of sp³-hybridized carbons (Fsp3) is 0.956. The number of rotatable bonds is 88. The van der Waals surface area contributed by atoms with Gasteiger partial charge in [-0.05, 0) is 43.4 Å². The van der Waals surface area contributed by atoms with E-state index in [4.69, 9.17) is 37.0 Å². The van der Waals surface area contributed by atoms with Crippen LogP contribution >= 0.6 is 15.6 Å². The Kier molecular flexibility index (Phi) is 78.5. The topological polar surface area (TPSA) is 237 Å². The molecular formula is C90H176O17P2. The summed E-state index contributed by atoms with van der Waals surface area (Å²) in [5, 5.41) is 10.7. The number of esters is 4. The van der Waals surface area contributed by atoms with Crippen LogP contribution in [0, 0.1) is 17.8 Å². The maximum Gasteiger partial charge on any atom is 0.472 e. The lowest BCUT2D eigenvalue weighted by molar-refractivity contribution is -0.161. The van der Waals surface area contributed by atoms with Crippen molar-refractivity contribution in [3.8, 4) is 0 Å². The van der Waals surface area contributed by atoms with Gasteiger partial charge in [0.2, 0.25) is 0 Å². The van der Waals surface area contributed by atoms with E-state index in [2.05, 4.69) is 48.5 Å². The maximum atomic E-state index is 13.2. The number of carbonyl (C=O) groups excluding carboxylic acids is 4. The van der Waals surface area contributed by atoms with Gasteiger partial charge in [0.1, 0.15) is 19.3 Å². The lowest BCUT2D eigenvalue weighted by Crippen LogP contribution is -2.30. The zero-order valence-corrected chi connectivity index (χ0v) is 73.8. The molecule has 17 nitrogen and oxygen atoms in total. The first-order valence-electron chi connectivity index (χ1n) is 46.3. The highest BCUT2D eigenvalue weighted by Crippen LogP contribution is 2.45. The molecule has 0 saturated carbocycles. The Morgan fingerprint density at radius 1 is 0.248 bits per heavy atom. The van der Waals surface area contributed by atoms with E-state index in [0.717, 1.165) is 108 Å². The van der Waals surface area contributed by atoms with Crippen molar-refractivity contribution in [3.05, 3.63) is 0 Å². The summed E-state index contributed by atoms with van der Waals surface area (Å²) < 4.78 is 69.1. The number of phosphoric acid groups is 2. The number of hydrogen-bond acceptors (Lipinski definition) is 15. The summed E-state index contributed by atoms with van der Waals surface area (Å²) in [6, 6.07) is 0. The number of carbonyl (C=O) groups is 4. The summed E-state index contributed by atoms with van der Waals surface area (Å²) in [6.07, 6.45) is 72.1. The molecule has 3 N–H and O–H groups in total. The highest BCUT2D eigenvalue weighted by Gasteiger charge is 2.31. The maximum absolute atomic E-state index is 13.2. The minimum Gasteiger partial charge on any atom is -0.462 e. The molecule has 0 spiro atoms. The molecular weight excluding hydrogens is 1410 g/mol. The van der Waals surface area contributed by atoms with E-state index in [-0.39, 0.29) is 25.7 Å². The SMILES string of the molecule is CCCCCCCCCCCCCCCC(=O)OC[C@H](COP(=O)(O)OC[C@H](O)COP(=O)(O)OC[C@@H](COC(=O)CCCCCCCCCCCCCCCCCCC(C)C)OC(=O)CCCCCCCCCCCCCCCCCCCCC(C)C)OC(=O)CCCCCCCCCCCCCCCC(C)C. The minimum absolute atomic E-state index is 0.108. The third-order valence-corrected chi connectivity index (χ3v) is 23.0. The number of ether oxygens (including phenoxy) is 4. The van der Waals surface area contributed by atoms with Crippen LogP contribution in [-0.4, -0.2) is 96.7 Å². The summed E-state index contributed by atoms with van der Waals surface area (Å²) in [6.45, 7) is 12.1. The van der Waals surface area contributed by atoms with Gasteiger partial charge in [-0.3, -0.25) is 37.3 Å². The molecule has 0 aliphatic heterocycles. The average Bonchev–Trinajstić information content (AvgIpc) is 0.898. The first-order valence-corrected chi connectivity index (χ1v) is 49.3. The van der Waals surface area contributed by atoms with E-state index in [1.165, 1.54) is 289 Å². The summed E-state index contributed by atoms with van der Waals surface area (Å²) >= 11 is 0. The molecule has 0 heterocycles. The standard InChI is InChI=1S/C90H176O17P2/c1-8-9-10-11-12-13-14-26-36-43-50-57-64-71-87(92)100-77-85(107-90(95)74-67-60-53-46-39-32-25-29-35-42-49-56-63-70-83(6)7)79-104-108(96,97)102-75-84(91)76-103-109(98,99)105-80-86(78-101-88(93)72-65-58-51-44-37-30-23-20-19-22-28-34-41-48-55-62-69-82(4)5)106-89(94)73-66-59-52-45-38-31-24-18-16-15-17-21-27-33-40-47-54-61-68-81(2)3/h81-86,91H,8-80H2,1-7H3,(H,96,97)(H,98,99)/t84-,85+,86+/m0/s1. The fourth-order valence-electron chi connectivity index (χ4n) is 14.1. The molecule has 0 aromatic heterocycles. The van der Waals surface area contributed by atoms with Crippen LogP contribution in [0.3, 0.4) is 0 Å².